The van der Waals surface area contributed by atoms with Crippen LogP contribution < -0.4 is 5.73 Å². The number of nitrogens with two attached hydrogens (primary N) is 1. The van der Waals surface area contributed by atoms with Gasteiger partial charge in [0.2, 0.25) is 0 Å². The van der Waals surface area contributed by atoms with Gasteiger partial charge >= 0.3 is 0 Å². The molecule has 2 unspecified atom stereocenters. The predicted octanol–water partition coefficient (Wildman–Crippen LogP) is 2.41. The van der Waals surface area contributed by atoms with Crippen molar-refractivity contribution in [1.29, 1.82) is 0 Å². The molecule has 1 aromatic rings. The highest BCUT2D eigenvalue weighted by molar-refractivity contribution is 5.94. The van der Waals surface area contributed by atoms with E-state index >= 15 is 0 Å². The highest BCUT2D eigenvalue weighted by atomic mass is 16.1. The maximum atomic E-state index is 12.4. The largest absolute Gasteiger partial charge is 0.325 e. The van der Waals surface area contributed by atoms with E-state index in [9.17, 15) is 4.79 Å². The molecule has 102 valence electrons. The Morgan fingerprint density at radius 2 is 2.11 bits per heavy atom. The standard InChI is InChI=1S/C15H21N3O/c1-11-8-18-12(9-17-11)13(19)7-14-3-2-4-15(16,10-14)6-5-14/h8-9H,2-7,10,16H2,1H3. The zero-order valence-corrected chi connectivity index (χ0v) is 11.5. The summed E-state index contributed by atoms with van der Waals surface area (Å²) in [6.07, 6.45) is 10.4. The van der Waals surface area contributed by atoms with E-state index in [1.807, 2.05) is 6.92 Å². The Bertz CT molecular complexity index is 499. The third kappa shape index (κ3) is 2.41. The Morgan fingerprint density at radius 3 is 2.84 bits per heavy atom. The molecule has 2 fully saturated rings. The quantitative estimate of drug-likeness (QED) is 0.846. The van der Waals surface area contributed by atoms with Gasteiger partial charge in [-0.2, -0.15) is 0 Å². The molecule has 2 aliphatic rings. The highest BCUT2D eigenvalue weighted by Gasteiger charge is 2.49. The average molecular weight is 259 g/mol. The van der Waals surface area contributed by atoms with E-state index in [2.05, 4.69) is 9.97 Å². The number of aromatic nitrogens is 2. The lowest BCUT2D eigenvalue weighted by Crippen LogP contribution is -2.41. The van der Waals surface area contributed by atoms with Crippen LogP contribution >= 0.6 is 0 Å². The number of carbonyl (C=O) groups excluding carboxylic acids is 1. The van der Waals surface area contributed by atoms with Crippen LogP contribution in [0.5, 0.6) is 0 Å². The number of aryl methyl sites for hydroxylation is 1. The highest BCUT2D eigenvalue weighted by Crippen LogP contribution is 2.54. The monoisotopic (exact) mass is 259 g/mol. The maximum absolute atomic E-state index is 12.4. The molecule has 2 N–H and O–H groups in total. The van der Waals surface area contributed by atoms with Gasteiger partial charge in [0, 0.05) is 18.2 Å². The van der Waals surface area contributed by atoms with E-state index in [0.717, 1.165) is 44.2 Å². The van der Waals surface area contributed by atoms with Crippen molar-refractivity contribution in [3.63, 3.8) is 0 Å². The van der Waals surface area contributed by atoms with Gasteiger partial charge in [0.25, 0.3) is 0 Å². The van der Waals surface area contributed by atoms with Crippen LogP contribution in [0.2, 0.25) is 0 Å². The minimum absolute atomic E-state index is 0.00250. The molecule has 1 heterocycles. The smallest absolute Gasteiger partial charge is 0.183 e. The number of carbonyl (C=O) groups is 1. The van der Waals surface area contributed by atoms with Gasteiger partial charge < -0.3 is 5.73 Å². The molecule has 0 spiro atoms. The molecule has 4 heteroatoms. The van der Waals surface area contributed by atoms with Crippen LogP contribution in [-0.2, 0) is 0 Å². The second-order valence-electron chi connectivity index (χ2n) is 6.54. The molecule has 0 aliphatic heterocycles. The number of nitrogens with zero attached hydrogens (tertiary/aromatic N) is 2. The van der Waals surface area contributed by atoms with E-state index in [1.54, 1.807) is 12.4 Å². The van der Waals surface area contributed by atoms with Gasteiger partial charge in [0.05, 0.1) is 11.9 Å². The van der Waals surface area contributed by atoms with Gasteiger partial charge in [-0.1, -0.05) is 6.42 Å². The van der Waals surface area contributed by atoms with Crippen LogP contribution in [0.1, 0.15) is 61.1 Å². The number of hydrogen-bond donors (Lipinski definition) is 1. The zero-order chi connectivity index (χ0) is 13.5. The summed E-state index contributed by atoms with van der Waals surface area (Å²) < 4.78 is 0. The summed E-state index contributed by atoms with van der Waals surface area (Å²) in [4.78, 5) is 20.7. The van der Waals surface area contributed by atoms with Crippen molar-refractivity contribution in [2.75, 3.05) is 0 Å². The van der Waals surface area contributed by atoms with Crippen molar-refractivity contribution >= 4 is 5.78 Å². The van der Waals surface area contributed by atoms with Crippen LogP contribution in [0, 0.1) is 12.3 Å². The van der Waals surface area contributed by atoms with Crippen molar-refractivity contribution < 1.29 is 4.79 Å². The first kappa shape index (κ1) is 12.7. The summed E-state index contributed by atoms with van der Waals surface area (Å²) in [7, 11) is 0. The van der Waals surface area contributed by atoms with Gasteiger partial charge in [-0.25, -0.2) is 4.98 Å². The van der Waals surface area contributed by atoms with Gasteiger partial charge in [-0.15, -0.1) is 0 Å². The molecule has 2 bridgehead atoms. The third-order valence-corrected chi connectivity index (χ3v) is 4.86. The first-order valence-corrected chi connectivity index (χ1v) is 7.11. The lowest BCUT2D eigenvalue weighted by molar-refractivity contribution is 0.0866. The molecule has 4 nitrogen and oxygen atoms in total. The topological polar surface area (TPSA) is 68.9 Å². The van der Waals surface area contributed by atoms with E-state index in [0.29, 0.717) is 12.1 Å². The Balaban J connectivity index is 1.74. The second-order valence-corrected chi connectivity index (χ2v) is 6.54. The number of fused-ring (bicyclic) bond motifs is 2. The van der Waals surface area contributed by atoms with Crippen LogP contribution in [-0.4, -0.2) is 21.3 Å². The van der Waals surface area contributed by atoms with Crippen LogP contribution in [0.4, 0.5) is 0 Å². The molecule has 0 amide bonds. The Kier molecular flexibility index (Phi) is 2.93. The molecule has 2 atom stereocenters. The van der Waals surface area contributed by atoms with Gasteiger partial charge in [-0.3, -0.25) is 9.78 Å². The lowest BCUT2D eigenvalue weighted by atomic mass is 9.70. The summed E-state index contributed by atoms with van der Waals surface area (Å²) in [5, 5.41) is 0. The summed E-state index contributed by atoms with van der Waals surface area (Å²) in [6.45, 7) is 1.88. The SMILES string of the molecule is Cc1cnc(C(=O)CC23CCCC(N)(CC2)C3)cn1. The summed E-state index contributed by atoms with van der Waals surface area (Å²) in [6, 6.07) is 0. The minimum Gasteiger partial charge on any atom is -0.325 e. The van der Waals surface area contributed by atoms with Crippen LogP contribution in [0.25, 0.3) is 0 Å². The predicted molar refractivity (Wildman–Crippen MR) is 72.8 cm³/mol. The van der Waals surface area contributed by atoms with E-state index < -0.39 is 0 Å². The lowest BCUT2D eigenvalue weighted by Gasteiger charge is -2.37. The van der Waals surface area contributed by atoms with Crippen molar-refractivity contribution in [2.24, 2.45) is 11.1 Å². The molecule has 0 radical (unpaired) electrons. The normalized spacial score (nSPS) is 33.4. The number of hydrogen-bond acceptors (Lipinski definition) is 4. The number of rotatable bonds is 3. The Morgan fingerprint density at radius 1 is 1.26 bits per heavy atom. The maximum Gasteiger partial charge on any atom is 0.183 e. The minimum atomic E-state index is -0.00250. The van der Waals surface area contributed by atoms with Gasteiger partial charge in [0.15, 0.2) is 5.78 Å². The Hall–Kier alpha value is -1.29. The van der Waals surface area contributed by atoms with Crippen molar-refractivity contribution in [3.05, 3.63) is 23.8 Å². The van der Waals surface area contributed by atoms with E-state index in [4.69, 9.17) is 5.73 Å². The number of Topliss-reactive ketones (excluding diaryl/α,β-unsaturated/α-hetero) is 1. The molecule has 0 aromatic carbocycles. The van der Waals surface area contributed by atoms with Crippen LogP contribution in [0.3, 0.4) is 0 Å². The molecular weight excluding hydrogens is 238 g/mol. The average Bonchev–Trinajstić information content (AvgIpc) is 2.60. The fourth-order valence-corrected chi connectivity index (χ4v) is 3.89. The van der Waals surface area contributed by atoms with Crippen molar-refractivity contribution in [2.45, 2.75) is 57.4 Å². The van der Waals surface area contributed by atoms with Gasteiger partial charge in [-0.05, 0) is 44.4 Å². The zero-order valence-electron chi connectivity index (χ0n) is 11.5. The molecule has 2 aliphatic carbocycles. The van der Waals surface area contributed by atoms with E-state index in [1.165, 1.54) is 0 Å². The Labute approximate surface area is 113 Å². The van der Waals surface area contributed by atoms with Crippen molar-refractivity contribution in [3.8, 4) is 0 Å². The summed E-state index contributed by atoms with van der Waals surface area (Å²) in [5.74, 6) is 0.124. The second kappa shape index (κ2) is 4.37. The van der Waals surface area contributed by atoms with E-state index in [-0.39, 0.29) is 16.7 Å². The molecule has 19 heavy (non-hydrogen) atoms. The molecule has 0 saturated heterocycles. The molecule has 2 saturated carbocycles. The fraction of sp³-hybridized carbons (Fsp3) is 0.667. The fourth-order valence-electron chi connectivity index (χ4n) is 3.89. The first-order chi connectivity index (χ1) is 9.00. The molecule has 3 rings (SSSR count). The summed E-state index contributed by atoms with van der Waals surface area (Å²) >= 11 is 0. The van der Waals surface area contributed by atoms with Crippen LogP contribution in [0.15, 0.2) is 12.4 Å². The summed E-state index contributed by atoms with van der Waals surface area (Å²) in [5.41, 5.74) is 7.86. The third-order valence-electron chi connectivity index (χ3n) is 4.86. The van der Waals surface area contributed by atoms with Gasteiger partial charge in [0.1, 0.15) is 5.69 Å². The molecule has 1 aromatic heterocycles. The molecular formula is C15H21N3O. The number of ketones is 1. The van der Waals surface area contributed by atoms with Crippen molar-refractivity contribution in [1.82, 2.24) is 9.97 Å². The first-order valence-electron chi connectivity index (χ1n) is 7.11.